The van der Waals surface area contributed by atoms with E-state index in [1.54, 1.807) is 0 Å². The Morgan fingerprint density at radius 2 is 1.95 bits per heavy atom. The van der Waals surface area contributed by atoms with Crippen molar-refractivity contribution in [1.29, 1.82) is 0 Å². The third-order valence-corrected chi connectivity index (χ3v) is 3.64. The number of rotatable bonds is 7. The minimum Gasteiger partial charge on any atom is -0.375 e. The molecule has 6 heteroatoms. The van der Waals surface area contributed by atoms with Crippen molar-refractivity contribution in [3.05, 3.63) is 11.4 Å². The maximum Gasteiger partial charge on any atom is 0.211 e. The molecule has 116 valence electrons. The lowest BCUT2D eigenvalue weighted by Gasteiger charge is -2.29. The highest BCUT2D eigenvalue weighted by Gasteiger charge is 2.24. The van der Waals surface area contributed by atoms with Crippen molar-refractivity contribution in [3.8, 4) is 0 Å². The average Bonchev–Trinajstić information content (AvgIpc) is 2.93. The first-order chi connectivity index (χ1) is 9.65. The quantitative estimate of drug-likeness (QED) is 0.556. The Hall–Kier alpha value is -1.23. The number of carbonyl (C=O) groups excluding carboxylic acids is 2. The van der Waals surface area contributed by atoms with Gasteiger partial charge in [-0.2, -0.15) is 0 Å². The lowest BCUT2D eigenvalue weighted by Crippen LogP contribution is -2.29. The number of nitrogens with one attached hydrogen (secondary N) is 1. The molecule has 20 heavy (non-hydrogen) atoms. The van der Waals surface area contributed by atoms with Gasteiger partial charge in [0.05, 0.1) is 0 Å². The highest BCUT2D eigenvalue weighted by atomic mass is 35.5. The van der Waals surface area contributed by atoms with Crippen LogP contribution in [-0.4, -0.2) is 37.2 Å². The van der Waals surface area contributed by atoms with Crippen molar-refractivity contribution >= 4 is 24.4 Å². The van der Waals surface area contributed by atoms with Gasteiger partial charge in [-0.05, 0) is 19.3 Å². The van der Waals surface area contributed by atoms with Gasteiger partial charge in [0.1, 0.15) is 0 Å². The molecule has 5 nitrogen and oxygen atoms in total. The van der Waals surface area contributed by atoms with Crippen molar-refractivity contribution in [2.75, 3.05) is 19.5 Å². The number of primary amides is 1. The molecular weight excluding hydrogens is 278 g/mol. The average molecular weight is 304 g/mol. The summed E-state index contributed by atoms with van der Waals surface area (Å²) in [5.74, 6) is 1.20. The summed E-state index contributed by atoms with van der Waals surface area (Å²) in [6, 6.07) is 0. The number of halogens is 1. The smallest absolute Gasteiger partial charge is 0.211 e. The fourth-order valence-corrected chi connectivity index (χ4v) is 2.92. The summed E-state index contributed by atoms with van der Waals surface area (Å²) >= 11 is 5.82. The number of amides is 2. The zero-order chi connectivity index (χ0) is 15.4. The number of hydrogen-bond donors (Lipinski definition) is 2. The molecule has 0 bridgehead atoms. The molecule has 0 aliphatic heterocycles. The van der Waals surface area contributed by atoms with Gasteiger partial charge in [0, 0.05) is 36.8 Å². The SMILES string of the molecule is CC/C(NC=O)=C(\C1CCCC1)N(C)CCCl.NC=O. The van der Waals surface area contributed by atoms with Gasteiger partial charge in [0.2, 0.25) is 12.8 Å². The number of carbonyl (C=O) groups is 2. The Morgan fingerprint density at radius 3 is 2.35 bits per heavy atom. The van der Waals surface area contributed by atoms with E-state index in [1.165, 1.54) is 31.4 Å². The Bertz CT molecular complexity index is 316. The van der Waals surface area contributed by atoms with Crippen LogP contribution in [0.2, 0.25) is 0 Å². The van der Waals surface area contributed by atoms with Crippen LogP contribution in [0.25, 0.3) is 0 Å². The van der Waals surface area contributed by atoms with Crippen LogP contribution in [0.4, 0.5) is 0 Å². The largest absolute Gasteiger partial charge is 0.375 e. The molecule has 0 atom stereocenters. The summed E-state index contributed by atoms with van der Waals surface area (Å²) in [4.78, 5) is 21.5. The molecule has 1 rings (SSSR count). The second-order valence-electron chi connectivity index (χ2n) is 4.71. The van der Waals surface area contributed by atoms with E-state index in [1.807, 2.05) is 0 Å². The van der Waals surface area contributed by atoms with Gasteiger partial charge in [-0.1, -0.05) is 19.8 Å². The minimum absolute atomic E-state index is 0.250. The standard InChI is InChI=1S/C13H23ClN2O.CH3NO/c1-3-12(15-10-17)13(16(2)9-8-14)11-6-4-5-7-11;2-1-3/h10-11H,3-9H2,1-2H3,(H,15,17);1H,(H2,2,3)/b13-12-;. The molecule has 0 heterocycles. The summed E-state index contributed by atoms with van der Waals surface area (Å²) in [7, 11) is 2.07. The molecule has 1 saturated carbocycles. The molecule has 0 spiro atoms. The highest BCUT2D eigenvalue weighted by molar-refractivity contribution is 6.18. The lowest BCUT2D eigenvalue weighted by atomic mass is 9.99. The fraction of sp³-hybridized carbons (Fsp3) is 0.714. The van der Waals surface area contributed by atoms with Crippen molar-refractivity contribution in [2.45, 2.75) is 39.0 Å². The topological polar surface area (TPSA) is 75.4 Å². The second kappa shape index (κ2) is 11.6. The van der Waals surface area contributed by atoms with Crippen LogP contribution in [0.15, 0.2) is 11.4 Å². The maximum atomic E-state index is 10.7. The van der Waals surface area contributed by atoms with Crippen LogP contribution in [0.1, 0.15) is 39.0 Å². The van der Waals surface area contributed by atoms with Crippen LogP contribution in [0.3, 0.4) is 0 Å². The van der Waals surface area contributed by atoms with Gasteiger partial charge in [-0.15, -0.1) is 11.6 Å². The number of nitrogens with zero attached hydrogens (tertiary/aromatic N) is 1. The van der Waals surface area contributed by atoms with Crippen molar-refractivity contribution in [1.82, 2.24) is 10.2 Å². The van der Waals surface area contributed by atoms with Gasteiger partial charge in [-0.25, -0.2) is 0 Å². The van der Waals surface area contributed by atoms with E-state index >= 15 is 0 Å². The van der Waals surface area contributed by atoms with E-state index in [4.69, 9.17) is 16.4 Å². The second-order valence-corrected chi connectivity index (χ2v) is 5.09. The molecule has 3 N–H and O–H groups in total. The summed E-state index contributed by atoms with van der Waals surface area (Å²) in [6.45, 7) is 2.91. The molecule has 0 unspecified atom stereocenters. The zero-order valence-electron chi connectivity index (χ0n) is 12.4. The Morgan fingerprint density at radius 1 is 1.40 bits per heavy atom. The van der Waals surface area contributed by atoms with E-state index in [-0.39, 0.29) is 6.41 Å². The molecule has 1 aliphatic rings. The van der Waals surface area contributed by atoms with E-state index in [9.17, 15) is 4.79 Å². The van der Waals surface area contributed by atoms with Crippen molar-refractivity contribution < 1.29 is 9.59 Å². The van der Waals surface area contributed by atoms with Crippen LogP contribution < -0.4 is 11.1 Å². The van der Waals surface area contributed by atoms with Crippen molar-refractivity contribution in [2.24, 2.45) is 11.7 Å². The minimum atomic E-state index is 0.250. The molecule has 1 fully saturated rings. The first-order valence-corrected chi connectivity index (χ1v) is 7.55. The van der Waals surface area contributed by atoms with E-state index in [0.717, 1.165) is 25.1 Å². The molecule has 0 saturated heterocycles. The first kappa shape index (κ1) is 18.8. The van der Waals surface area contributed by atoms with E-state index in [0.29, 0.717) is 11.8 Å². The summed E-state index contributed by atoms with van der Waals surface area (Å²) < 4.78 is 0. The van der Waals surface area contributed by atoms with Crippen molar-refractivity contribution in [3.63, 3.8) is 0 Å². The van der Waals surface area contributed by atoms with Crippen LogP contribution in [0.5, 0.6) is 0 Å². The zero-order valence-corrected chi connectivity index (χ0v) is 13.2. The predicted octanol–water partition coefficient (Wildman–Crippen LogP) is 1.82. The van der Waals surface area contributed by atoms with Gasteiger partial charge in [-0.3, -0.25) is 9.59 Å². The Labute approximate surface area is 126 Å². The first-order valence-electron chi connectivity index (χ1n) is 7.01. The van der Waals surface area contributed by atoms with Gasteiger partial charge >= 0.3 is 0 Å². The van der Waals surface area contributed by atoms with Gasteiger partial charge in [0.15, 0.2) is 0 Å². The summed E-state index contributed by atoms with van der Waals surface area (Å²) in [6.07, 6.45) is 6.93. The number of alkyl halides is 1. The molecule has 0 aromatic heterocycles. The van der Waals surface area contributed by atoms with Crippen LogP contribution in [-0.2, 0) is 9.59 Å². The molecular formula is C14H26ClN3O2. The third kappa shape index (κ3) is 6.28. The maximum absolute atomic E-state index is 10.7. The fourth-order valence-electron chi connectivity index (χ4n) is 2.66. The molecule has 0 aromatic carbocycles. The monoisotopic (exact) mass is 303 g/mol. The van der Waals surface area contributed by atoms with E-state index in [2.05, 4.69) is 29.9 Å². The number of nitrogens with two attached hydrogens (primary N) is 1. The Kier molecular flexibility index (Phi) is 10.9. The van der Waals surface area contributed by atoms with E-state index < -0.39 is 0 Å². The van der Waals surface area contributed by atoms with Gasteiger partial charge < -0.3 is 16.0 Å². The predicted molar refractivity (Wildman–Crippen MR) is 82.1 cm³/mol. The van der Waals surface area contributed by atoms with Crippen LogP contribution >= 0.6 is 11.6 Å². The normalized spacial score (nSPS) is 15.8. The Balaban J connectivity index is 0.00000110. The summed E-state index contributed by atoms with van der Waals surface area (Å²) in [5.41, 5.74) is 6.51. The lowest BCUT2D eigenvalue weighted by molar-refractivity contribution is -0.109. The number of allylic oxidation sites excluding steroid dienone is 2. The molecule has 1 aliphatic carbocycles. The highest BCUT2D eigenvalue weighted by Crippen LogP contribution is 2.34. The van der Waals surface area contributed by atoms with Gasteiger partial charge in [0.25, 0.3) is 0 Å². The molecule has 0 radical (unpaired) electrons. The van der Waals surface area contributed by atoms with Crippen LogP contribution in [0, 0.1) is 5.92 Å². The molecule has 0 aromatic rings. The summed E-state index contributed by atoms with van der Waals surface area (Å²) in [5, 5.41) is 2.86. The number of hydrogen-bond acceptors (Lipinski definition) is 3. The molecule has 2 amide bonds. The third-order valence-electron chi connectivity index (χ3n) is 3.47.